The Morgan fingerprint density at radius 2 is 1.81 bits per heavy atom. The Balaban J connectivity index is 3.95. The molecule has 0 aliphatic heterocycles. The van der Waals surface area contributed by atoms with Crippen LogP contribution in [0.25, 0.3) is 0 Å². The fraction of sp³-hybridized carbons (Fsp3) is 0.733. The van der Waals surface area contributed by atoms with Gasteiger partial charge in [0, 0.05) is 6.54 Å². The topological polar surface area (TPSA) is 90.6 Å². The summed E-state index contributed by atoms with van der Waals surface area (Å²) in [4.78, 5) is 23.1. The van der Waals surface area contributed by atoms with Crippen LogP contribution in [0, 0.1) is 0 Å². The SMILES string of the molecule is C=CC(C)(C)OC(=O)[C@@H](N)CCCNC(=O)OC(C)(C)C. The molecule has 0 aromatic carbocycles. The molecule has 0 saturated carbocycles. The second-order valence-electron chi connectivity index (χ2n) is 6.41. The second-order valence-corrected chi connectivity index (χ2v) is 6.41. The number of esters is 1. The summed E-state index contributed by atoms with van der Waals surface area (Å²) in [5, 5.41) is 2.61. The van der Waals surface area contributed by atoms with Crippen molar-refractivity contribution < 1.29 is 19.1 Å². The van der Waals surface area contributed by atoms with Crippen LogP contribution in [0.1, 0.15) is 47.5 Å². The fourth-order valence-corrected chi connectivity index (χ4v) is 1.32. The molecule has 1 amide bonds. The molecule has 0 bridgehead atoms. The average Bonchev–Trinajstić information content (AvgIpc) is 2.31. The number of alkyl carbamates (subject to hydrolysis) is 1. The molecule has 0 aromatic heterocycles. The van der Waals surface area contributed by atoms with Gasteiger partial charge in [-0.25, -0.2) is 4.79 Å². The Morgan fingerprint density at radius 1 is 1.24 bits per heavy atom. The molecule has 122 valence electrons. The van der Waals surface area contributed by atoms with E-state index in [2.05, 4.69) is 11.9 Å². The van der Waals surface area contributed by atoms with Gasteiger partial charge < -0.3 is 20.5 Å². The van der Waals surface area contributed by atoms with Crippen molar-refractivity contribution in [2.75, 3.05) is 6.54 Å². The van der Waals surface area contributed by atoms with E-state index in [4.69, 9.17) is 15.2 Å². The Bertz CT molecular complexity index is 372. The highest BCUT2D eigenvalue weighted by molar-refractivity contribution is 5.76. The predicted molar refractivity (Wildman–Crippen MR) is 81.8 cm³/mol. The summed E-state index contributed by atoms with van der Waals surface area (Å²) in [6.07, 6.45) is 2.04. The van der Waals surface area contributed by atoms with Crippen molar-refractivity contribution in [1.29, 1.82) is 0 Å². The van der Waals surface area contributed by atoms with Crippen LogP contribution < -0.4 is 11.1 Å². The first kappa shape index (κ1) is 19.4. The molecule has 0 aliphatic rings. The van der Waals surface area contributed by atoms with Gasteiger partial charge in [-0.3, -0.25) is 4.79 Å². The minimum atomic E-state index is -0.733. The molecule has 0 spiro atoms. The van der Waals surface area contributed by atoms with E-state index in [1.807, 2.05) is 0 Å². The van der Waals surface area contributed by atoms with Gasteiger partial charge in [-0.05, 0) is 53.5 Å². The summed E-state index contributed by atoms with van der Waals surface area (Å²) in [6, 6.07) is -0.718. The summed E-state index contributed by atoms with van der Waals surface area (Å²) in [6.45, 7) is 12.8. The van der Waals surface area contributed by atoms with Crippen molar-refractivity contribution in [2.24, 2.45) is 5.73 Å². The highest BCUT2D eigenvalue weighted by Gasteiger charge is 2.23. The van der Waals surface area contributed by atoms with Crippen LogP contribution in [-0.2, 0) is 14.3 Å². The highest BCUT2D eigenvalue weighted by atomic mass is 16.6. The Labute approximate surface area is 127 Å². The number of carbonyl (C=O) groups is 2. The number of hydrogen-bond donors (Lipinski definition) is 2. The number of carbonyl (C=O) groups excluding carboxylic acids is 2. The number of hydrogen-bond acceptors (Lipinski definition) is 5. The minimum Gasteiger partial charge on any atom is -0.454 e. The molecular weight excluding hydrogens is 272 g/mol. The third kappa shape index (κ3) is 9.90. The van der Waals surface area contributed by atoms with Gasteiger partial charge in [0.15, 0.2) is 0 Å². The van der Waals surface area contributed by atoms with Crippen molar-refractivity contribution in [3.63, 3.8) is 0 Å². The highest BCUT2D eigenvalue weighted by Crippen LogP contribution is 2.12. The molecule has 21 heavy (non-hydrogen) atoms. The molecule has 0 radical (unpaired) electrons. The van der Waals surface area contributed by atoms with Gasteiger partial charge in [0.25, 0.3) is 0 Å². The zero-order valence-electron chi connectivity index (χ0n) is 13.7. The van der Waals surface area contributed by atoms with Gasteiger partial charge in [-0.15, -0.1) is 0 Å². The zero-order chi connectivity index (χ0) is 16.7. The molecule has 0 heterocycles. The first-order chi connectivity index (χ1) is 9.47. The molecule has 0 rings (SSSR count). The quantitative estimate of drug-likeness (QED) is 0.427. The van der Waals surface area contributed by atoms with Crippen LogP contribution in [-0.4, -0.2) is 35.9 Å². The lowest BCUT2D eigenvalue weighted by Crippen LogP contribution is -2.38. The molecule has 0 unspecified atom stereocenters. The minimum absolute atomic E-state index is 0.390. The normalized spacial score (nSPS) is 13.2. The maximum absolute atomic E-state index is 11.7. The lowest BCUT2D eigenvalue weighted by atomic mass is 10.1. The van der Waals surface area contributed by atoms with Crippen LogP contribution in [0.15, 0.2) is 12.7 Å². The smallest absolute Gasteiger partial charge is 0.407 e. The van der Waals surface area contributed by atoms with Crippen molar-refractivity contribution in [3.05, 3.63) is 12.7 Å². The van der Waals surface area contributed by atoms with Crippen molar-refractivity contribution in [3.8, 4) is 0 Å². The van der Waals surface area contributed by atoms with Crippen molar-refractivity contribution in [1.82, 2.24) is 5.32 Å². The molecule has 0 aliphatic carbocycles. The van der Waals surface area contributed by atoms with Gasteiger partial charge >= 0.3 is 12.1 Å². The average molecular weight is 300 g/mol. The maximum Gasteiger partial charge on any atom is 0.407 e. The maximum atomic E-state index is 11.7. The van der Waals surface area contributed by atoms with Crippen LogP contribution in [0.4, 0.5) is 4.79 Å². The van der Waals surface area contributed by atoms with Crippen LogP contribution >= 0.6 is 0 Å². The monoisotopic (exact) mass is 300 g/mol. The molecule has 1 atom stereocenters. The lowest BCUT2D eigenvalue weighted by Gasteiger charge is -2.23. The Kier molecular flexibility index (Phi) is 7.43. The van der Waals surface area contributed by atoms with E-state index in [-0.39, 0.29) is 0 Å². The number of ether oxygens (including phenoxy) is 2. The van der Waals surface area contributed by atoms with Crippen molar-refractivity contribution in [2.45, 2.75) is 64.7 Å². The third-order valence-corrected chi connectivity index (χ3v) is 2.52. The van der Waals surface area contributed by atoms with Crippen LogP contribution in [0.2, 0.25) is 0 Å². The van der Waals surface area contributed by atoms with Gasteiger partial charge in [0.1, 0.15) is 17.2 Å². The molecule has 0 fully saturated rings. The Hall–Kier alpha value is -1.56. The second kappa shape index (κ2) is 8.02. The lowest BCUT2D eigenvalue weighted by molar-refractivity contribution is -0.154. The zero-order valence-corrected chi connectivity index (χ0v) is 13.7. The van der Waals surface area contributed by atoms with E-state index in [1.54, 1.807) is 40.7 Å². The summed E-state index contributed by atoms with van der Waals surface area (Å²) in [5.74, 6) is -0.475. The molecule has 3 N–H and O–H groups in total. The summed E-state index contributed by atoms with van der Waals surface area (Å²) >= 11 is 0. The molecule has 6 nitrogen and oxygen atoms in total. The van der Waals surface area contributed by atoms with Crippen molar-refractivity contribution >= 4 is 12.1 Å². The van der Waals surface area contributed by atoms with Gasteiger partial charge in [0.05, 0.1) is 0 Å². The van der Waals surface area contributed by atoms with Gasteiger partial charge in [-0.2, -0.15) is 0 Å². The molecule has 6 heteroatoms. The van der Waals surface area contributed by atoms with E-state index in [0.717, 1.165) is 0 Å². The summed E-state index contributed by atoms with van der Waals surface area (Å²) in [7, 11) is 0. The van der Waals surface area contributed by atoms with Crippen LogP contribution in [0.3, 0.4) is 0 Å². The first-order valence-electron chi connectivity index (χ1n) is 7.06. The molecule has 0 aromatic rings. The summed E-state index contributed by atoms with van der Waals surface area (Å²) < 4.78 is 10.3. The first-order valence-corrected chi connectivity index (χ1v) is 7.06. The Morgan fingerprint density at radius 3 is 2.29 bits per heavy atom. The van der Waals surface area contributed by atoms with E-state index < -0.39 is 29.3 Å². The van der Waals surface area contributed by atoms with Crippen LogP contribution in [0.5, 0.6) is 0 Å². The number of nitrogens with one attached hydrogen (secondary N) is 1. The molecule has 0 saturated heterocycles. The standard InChI is InChI=1S/C15H28N2O4/c1-7-15(5,6)20-12(18)11(16)9-8-10-17-13(19)21-14(2,3)4/h7,11H,1,8-10,16H2,2-6H3,(H,17,19)/t11-/m0/s1. The fourth-order valence-electron chi connectivity index (χ4n) is 1.32. The van der Waals surface area contributed by atoms with E-state index in [9.17, 15) is 9.59 Å². The largest absolute Gasteiger partial charge is 0.454 e. The van der Waals surface area contributed by atoms with E-state index in [0.29, 0.717) is 19.4 Å². The predicted octanol–water partition coefficient (Wildman–Crippen LogP) is 2.13. The number of rotatable bonds is 7. The van der Waals surface area contributed by atoms with E-state index in [1.165, 1.54) is 0 Å². The third-order valence-electron chi connectivity index (χ3n) is 2.52. The number of amides is 1. The van der Waals surface area contributed by atoms with E-state index >= 15 is 0 Å². The van der Waals surface area contributed by atoms with Gasteiger partial charge in [0.2, 0.25) is 0 Å². The molecular formula is C15H28N2O4. The van der Waals surface area contributed by atoms with Gasteiger partial charge in [-0.1, -0.05) is 6.58 Å². The summed E-state index contributed by atoms with van der Waals surface area (Å²) in [5.41, 5.74) is 4.49. The number of nitrogens with two attached hydrogens (primary N) is 1.